The van der Waals surface area contributed by atoms with Crippen molar-refractivity contribution in [3.8, 4) is 0 Å². The quantitative estimate of drug-likeness (QED) is 0.742. The number of rotatable bonds is 7. The van der Waals surface area contributed by atoms with E-state index in [9.17, 15) is 4.79 Å². The second kappa shape index (κ2) is 8.74. The van der Waals surface area contributed by atoms with Gasteiger partial charge in [-0.3, -0.25) is 4.79 Å². The molecule has 2 saturated heterocycles. The molecule has 0 N–H and O–H groups in total. The van der Waals surface area contributed by atoms with Crippen LogP contribution in [0.4, 0.5) is 0 Å². The minimum Gasteiger partial charge on any atom is -0.338 e. The van der Waals surface area contributed by atoms with Crippen LogP contribution in [0.15, 0.2) is 55.1 Å². The van der Waals surface area contributed by atoms with Crippen molar-refractivity contribution in [2.75, 3.05) is 32.7 Å². The van der Waals surface area contributed by atoms with Crippen molar-refractivity contribution in [2.24, 2.45) is 5.41 Å². The lowest BCUT2D eigenvalue weighted by molar-refractivity contribution is -0.127. The molecule has 2 aliphatic rings. The first-order valence-electron chi connectivity index (χ1n) is 10.4. The van der Waals surface area contributed by atoms with E-state index in [1.54, 1.807) is 0 Å². The summed E-state index contributed by atoms with van der Waals surface area (Å²) in [7, 11) is 0. The molecule has 5 nitrogen and oxygen atoms in total. The van der Waals surface area contributed by atoms with Gasteiger partial charge in [-0.15, -0.1) is 0 Å². The predicted octanol–water partition coefficient (Wildman–Crippen LogP) is 3.30. The van der Waals surface area contributed by atoms with Gasteiger partial charge in [0.25, 0.3) is 0 Å². The van der Waals surface area contributed by atoms with Crippen LogP contribution in [-0.2, 0) is 11.3 Å². The molecule has 1 amide bonds. The Kier molecular flexibility index (Phi) is 5.91. The van der Waals surface area contributed by atoms with E-state index in [1.165, 1.54) is 5.56 Å². The fourth-order valence-corrected chi connectivity index (χ4v) is 4.51. The third-order valence-electron chi connectivity index (χ3n) is 6.21. The van der Waals surface area contributed by atoms with E-state index in [0.29, 0.717) is 5.91 Å². The molecule has 3 heterocycles. The van der Waals surface area contributed by atoms with Crippen LogP contribution in [0.5, 0.6) is 0 Å². The summed E-state index contributed by atoms with van der Waals surface area (Å²) in [6, 6.07) is 10.3. The van der Waals surface area contributed by atoms with Crippen molar-refractivity contribution in [1.29, 1.82) is 0 Å². The Bertz CT molecular complexity index is 776. The number of hydrogen-bond donors (Lipinski definition) is 0. The van der Waals surface area contributed by atoms with Gasteiger partial charge in [0, 0.05) is 38.4 Å². The highest BCUT2D eigenvalue weighted by molar-refractivity contribution is 5.79. The summed E-state index contributed by atoms with van der Waals surface area (Å²) in [6.45, 7) is 6.04. The summed E-state index contributed by atoms with van der Waals surface area (Å²) >= 11 is 0. The van der Waals surface area contributed by atoms with E-state index in [1.807, 2.05) is 41.8 Å². The number of likely N-dealkylation sites (tertiary alicyclic amines) is 2. The zero-order chi connectivity index (χ0) is 19.2. The molecule has 0 unspecified atom stereocenters. The Morgan fingerprint density at radius 2 is 1.93 bits per heavy atom. The average molecular weight is 379 g/mol. The highest BCUT2D eigenvalue weighted by Gasteiger charge is 2.44. The van der Waals surface area contributed by atoms with E-state index in [4.69, 9.17) is 0 Å². The van der Waals surface area contributed by atoms with Crippen molar-refractivity contribution in [3.63, 3.8) is 0 Å². The molecule has 28 heavy (non-hydrogen) atoms. The van der Waals surface area contributed by atoms with Crippen LogP contribution in [0.2, 0.25) is 0 Å². The number of amides is 1. The highest BCUT2D eigenvalue weighted by atomic mass is 16.2. The molecule has 2 aromatic rings. The number of carbonyl (C=O) groups is 1. The van der Waals surface area contributed by atoms with Crippen molar-refractivity contribution in [3.05, 3.63) is 60.7 Å². The minimum atomic E-state index is 0.207. The van der Waals surface area contributed by atoms with Crippen molar-refractivity contribution >= 4 is 12.0 Å². The van der Waals surface area contributed by atoms with Crippen molar-refractivity contribution < 1.29 is 4.79 Å². The maximum atomic E-state index is 12.5. The molecule has 0 radical (unpaired) electrons. The van der Waals surface area contributed by atoms with Gasteiger partial charge < -0.3 is 14.4 Å². The van der Waals surface area contributed by atoms with Crippen molar-refractivity contribution in [2.45, 2.75) is 32.2 Å². The number of aromatic nitrogens is 2. The maximum absolute atomic E-state index is 12.5. The largest absolute Gasteiger partial charge is 0.338 e. The highest BCUT2D eigenvalue weighted by Crippen LogP contribution is 2.40. The third kappa shape index (κ3) is 4.71. The molecule has 4 rings (SSSR count). The second-order valence-electron chi connectivity index (χ2n) is 8.26. The Balaban J connectivity index is 1.22. The summed E-state index contributed by atoms with van der Waals surface area (Å²) in [5.41, 5.74) is 1.39. The van der Waals surface area contributed by atoms with Crippen LogP contribution >= 0.6 is 0 Å². The minimum absolute atomic E-state index is 0.207. The van der Waals surface area contributed by atoms with Crippen LogP contribution in [0.1, 0.15) is 31.2 Å². The van der Waals surface area contributed by atoms with Crippen molar-refractivity contribution in [1.82, 2.24) is 19.4 Å². The Hall–Kier alpha value is -2.40. The van der Waals surface area contributed by atoms with Gasteiger partial charge >= 0.3 is 0 Å². The van der Waals surface area contributed by atoms with Gasteiger partial charge in [-0.2, -0.15) is 0 Å². The molecule has 1 aromatic heterocycles. The van der Waals surface area contributed by atoms with Gasteiger partial charge in [-0.1, -0.05) is 42.5 Å². The SMILES string of the molecule is O=C1CC2(CCN(CCCn3ccnc3)CC2)CN1CC=Cc1ccccc1. The first kappa shape index (κ1) is 18.9. The lowest BCUT2D eigenvalue weighted by atomic mass is 9.77. The molecule has 2 fully saturated rings. The molecular formula is C23H30N4O. The number of benzene rings is 1. The first-order chi connectivity index (χ1) is 13.7. The second-order valence-corrected chi connectivity index (χ2v) is 8.26. The molecule has 1 spiro atoms. The predicted molar refractivity (Wildman–Crippen MR) is 112 cm³/mol. The van der Waals surface area contributed by atoms with Gasteiger partial charge in [-0.25, -0.2) is 4.98 Å². The van der Waals surface area contributed by atoms with Gasteiger partial charge in [0.2, 0.25) is 5.91 Å². The fraction of sp³-hybridized carbons (Fsp3) is 0.478. The molecule has 1 aromatic carbocycles. The number of hydrogen-bond acceptors (Lipinski definition) is 3. The van der Waals surface area contributed by atoms with Gasteiger partial charge in [-0.05, 0) is 49.9 Å². The Morgan fingerprint density at radius 3 is 2.68 bits per heavy atom. The van der Waals surface area contributed by atoms with E-state index < -0.39 is 0 Å². The number of carbonyl (C=O) groups excluding carboxylic acids is 1. The number of imidazole rings is 1. The summed E-state index contributed by atoms with van der Waals surface area (Å²) in [5.74, 6) is 0.325. The number of aryl methyl sites for hydroxylation is 1. The summed E-state index contributed by atoms with van der Waals surface area (Å²) in [6.07, 6.45) is 14.1. The van der Waals surface area contributed by atoms with Gasteiger partial charge in [0.05, 0.1) is 6.33 Å². The smallest absolute Gasteiger partial charge is 0.223 e. The molecule has 0 bridgehead atoms. The van der Waals surface area contributed by atoms with Crippen LogP contribution < -0.4 is 0 Å². The molecule has 148 valence electrons. The normalized spacial score (nSPS) is 19.9. The zero-order valence-corrected chi connectivity index (χ0v) is 16.5. The molecule has 0 atom stereocenters. The number of nitrogens with zero attached hydrogens (tertiary/aromatic N) is 4. The van der Waals surface area contributed by atoms with E-state index in [2.05, 4.69) is 38.7 Å². The lowest BCUT2D eigenvalue weighted by Gasteiger charge is -2.38. The standard InChI is InChI=1S/C23H30N4O/c28-22-18-23(19-27(22)14-4-8-21-6-2-1-3-7-21)9-15-25(16-10-23)12-5-13-26-17-11-24-20-26/h1-4,6-8,11,17,20H,5,9-10,12-16,18-19H2. The van der Waals surface area contributed by atoms with E-state index in [-0.39, 0.29) is 5.41 Å². The molecule has 2 aliphatic heterocycles. The number of piperidine rings is 1. The van der Waals surface area contributed by atoms with Crippen LogP contribution in [0, 0.1) is 5.41 Å². The van der Waals surface area contributed by atoms with E-state index >= 15 is 0 Å². The Morgan fingerprint density at radius 1 is 1.11 bits per heavy atom. The monoisotopic (exact) mass is 378 g/mol. The van der Waals surface area contributed by atoms with Gasteiger partial charge in [0.1, 0.15) is 0 Å². The van der Waals surface area contributed by atoms with E-state index in [0.717, 1.165) is 65.0 Å². The fourth-order valence-electron chi connectivity index (χ4n) is 4.51. The van der Waals surface area contributed by atoms with Gasteiger partial charge in [0.15, 0.2) is 0 Å². The van der Waals surface area contributed by atoms with Crippen LogP contribution in [0.3, 0.4) is 0 Å². The summed E-state index contributed by atoms with van der Waals surface area (Å²) in [5, 5.41) is 0. The molecular weight excluding hydrogens is 348 g/mol. The third-order valence-corrected chi connectivity index (χ3v) is 6.21. The summed E-state index contributed by atoms with van der Waals surface area (Å²) in [4.78, 5) is 21.3. The van der Waals surface area contributed by atoms with Crippen LogP contribution in [-0.4, -0.2) is 58.0 Å². The topological polar surface area (TPSA) is 41.4 Å². The Labute approximate surface area is 167 Å². The average Bonchev–Trinajstić information content (AvgIpc) is 3.33. The molecule has 0 aliphatic carbocycles. The van der Waals surface area contributed by atoms with Crippen LogP contribution in [0.25, 0.3) is 6.08 Å². The zero-order valence-electron chi connectivity index (χ0n) is 16.5. The molecule has 0 saturated carbocycles. The lowest BCUT2D eigenvalue weighted by Crippen LogP contribution is -2.42. The molecule has 5 heteroatoms. The first-order valence-corrected chi connectivity index (χ1v) is 10.4. The maximum Gasteiger partial charge on any atom is 0.223 e. The summed E-state index contributed by atoms with van der Waals surface area (Å²) < 4.78 is 2.14.